The molecule has 0 aliphatic carbocycles. The summed E-state index contributed by atoms with van der Waals surface area (Å²) in [7, 11) is 2.06. The molecule has 23 heavy (non-hydrogen) atoms. The van der Waals surface area contributed by atoms with Gasteiger partial charge in [0.15, 0.2) is 0 Å². The standard InChI is InChI=1S/C17H19N3O2S/c1-19-8-10-20(11-9-19)17(22)13-4-6-14(7-5-13)18-16(21)15-3-2-12-23-15/h2-7,12H,8-11H2,1H3,(H,18,21). The van der Waals surface area contributed by atoms with Crippen LogP contribution in [0, 0.1) is 0 Å². The van der Waals surface area contributed by atoms with Gasteiger partial charge in [0.1, 0.15) is 0 Å². The largest absolute Gasteiger partial charge is 0.336 e. The SMILES string of the molecule is CN1CCN(C(=O)c2ccc(NC(=O)c3cccs3)cc2)CC1. The molecule has 0 radical (unpaired) electrons. The summed E-state index contributed by atoms with van der Waals surface area (Å²) in [6, 6.07) is 10.7. The van der Waals surface area contributed by atoms with E-state index >= 15 is 0 Å². The molecule has 0 atom stereocenters. The van der Waals surface area contributed by atoms with Crippen LogP contribution in [0.3, 0.4) is 0 Å². The maximum atomic E-state index is 12.4. The fourth-order valence-corrected chi connectivity index (χ4v) is 3.11. The lowest BCUT2D eigenvalue weighted by Gasteiger charge is -2.32. The molecule has 120 valence electrons. The van der Waals surface area contributed by atoms with Crippen LogP contribution >= 0.6 is 11.3 Å². The molecular formula is C17H19N3O2S. The summed E-state index contributed by atoms with van der Waals surface area (Å²) in [5, 5.41) is 4.70. The van der Waals surface area contributed by atoms with Gasteiger partial charge in [0.25, 0.3) is 11.8 Å². The van der Waals surface area contributed by atoms with Crippen LogP contribution in [0.25, 0.3) is 0 Å². The van der Waals surface area contributed by atoms with E-state index in [4.69, 9.17) is 0 Å². The normalized spacial score (nSPS) is 15.4. The first-order chi connectivity index (χ1) is 11.1. The van der Waals surface area contributed by atoms with Crippen LogP contribution < -0.4 is 5.32 Å². The first-order valence-corrected chi connectivity index (χ1v) is 8.44. The summed E-state index contributed by atoms with van der Waals surface area (Å²) in [5.74, 6) is -0.0765. The van der Waals surface area contributed by atoms with Crippen molar-refractivity contribution < 1.29 is 9.59 Å². The highest BCUT2D eigenvalue weighted by Crippen LogP contribution is 2.15. The number of benzene rings is 1. The molecule has 1 aromatic heterocycles. The molecule has 5 nitrogen and oxygen atoms in total. The lowest BCUT2D eigenvalue weighted by atomic mass is 10.1. The quantitative estimate of drug-likeness (QED) is 0.941. The van der Waals surface area contributed by atoms with Gasteiger partial charge in [-0.25, -0.2) is 0 Å². The lowest BCUT2D eigenvalue weighted by Crippen LogP contribution is -2.47. The maximum absolute atomic E-state index is 12.4. The Morgan fingerprint density at radius 3 is 2.35 bits per heavy atom. The highest BCUT2D eigenvalue weighted by Gasteiger charge is 2.20. The van der Waals surface area contributed by atoms with Gasteiger partial charge in [-0.1, -0.05) is 6.07 Å². The van der Waals surface area contributed by atoms with Crippen molar-refractivity contribution >= 4 is 28.8 Å². The second-order valence-corrected chi connectivity index (χ2v) is 6.55. The Morgan fingerprint density at radius 1 is 1.04 bits per heavy atom. The zero-order valence-corrected chi connectivity index (χ0v) is 13.8. The minimum absolute atomic E-state index is 0.0502. The minimum Gasteiger partial charge on any atom is -0.336 e. The van der Waals surface area contributed by atoms with Crippen LogP contribution in [0.2, 0.25) is 0 Å². The number of hydrogen-bond acceptors (Lipinski definition) is 4. The topological polar surface area (TPSA) is 52.6 Å². The molecule has 1 aliphatic rings. The van der Waals surface area contributed by atoms with Gasteiger partial charge in [0.05, 0.1) is 4.88 Å². The molecule has 2 aromatic rings. The number of hydrogen-bond donors (Lipinski definition) is 1. The number of nitrogens with zero attached hydrogens (tertiary/aromatic N) is 2. The highest BCUT2D eigenvalue weighted by molar-refractivity contribution is 7.12. The molecule has 2 heterocycles. The van der Waals surface area contributed by atoms with Gasteiger partial charge in [-0.2, -0.15) is 0 Å². The van der Waals surface area contributed by atoms with E-state index in [1.165, 1.54) is 11.3 Å². The zero-order valence-electron chi connectivity index (χ0n) is 13.0. The van der Waals surface area contributed by atoms with Crippen molar-refractivity contribution in [3.63, 3.8) is 0 Å². The first-order valence-electron chi connectivity index (χ1n) is 7.56. The molecule has 2 amide bonds. The van der Waals surface area contributed by atoms with Crippen molar-refractivity contribution in [1.29, 1.82) is 0 Å². The van der Waals surface area contributed by atoms with E-state index in [2.05, 4.69) is 17.3 Å². The molecule has 1 aromatic carbocycles. The van der Waals surface area contributed by atoms with Gasteiger partial charge >= 0.3 is 0 Å². The summed E-state index contributed by atoms with van der Waals surface area (Å²) in [4.78, 5) is 29.2. The molecule has 6 heteroatoms. The molecule has 1 fully saturated rings. The van der Waals surface area contributed by atoms with Crippen molar-refractivity contribution in [2.45, 2.75) is 0 Å². The molecule has 1 aliphatic heterocycles. The van der Waals surface area contributed by atoms with E-state index < -0.39 is 0 Å². The van der Waals surface area contributed by atoms with E-state index in [0.717, 1.165) is 26.2 Å². The van der Waals surface area contributed by atoms with E-state index in [0.29, 0.717) is 16.1 Å². The molecule has 0 spiro atoms. The monoisotopic (exact) mass is 329 g/mol. The molecule has 0 bridgehead atoms. The van der Waals surface area contributed by atoms with Crippen LogP contribution in [0.1, 0.15) is 20.0 Å². The molecule has 3 rings (SSSR count). The van der Waals surface area contributed by atoms with E-state index in [9.17, 15) is 9.59 Å². The summed E-state index contributed by atoms with van der Waals surface area (Å²) < 4.78 is 0. The van der Waals surface area contributed by atoms with Crippen LogP contribution in [-0.2, 0) is 0 Å². The summed E-state index contributed by atoms with van der Waals surface area (Å²) >= 11 is 1.40. The second-order valence-electron chi connectivity index (χ2n) is 5.60. The van der Waals surface area contributed by atoms with Crippen LogP contribution in [0.15, 0.2) is 41.8 Å². The number of amides is 2. The number of nitrogens with one attached hydrogen (secondary N) is 1. The van der Waals surface area contributed by atoms with Crippen molar-refractivity contribution in [3.05, 3.63) is 52.2 Å². The third-order valence-corrected chi connectivity index (χ3v) is 4.79. The Hall–Kier alpha value is -2.18. The number of piperazine rings is 1. The van der Waals surface area contributed by atoms with Gasteiger partial charge in [-0.3, -0.25) is 9.59 Å². The van der Waals surface area contributed by atoms with E-state index in [-0.39, 0.29) is 11.8 Å². The van der Waals surface area contributed by atoms with Gasteiger partial charge in [-0.15, -0.1) is 11.3 Å². The number of anilines is 1. The summed E-state index contributed by atoms with van der Waals surface area (Å²) in [6.45, 7) is 3.32. The number of carbonyl (C=O) groups excluding carboxylic acids is 2. The average Bonchev–Trinajstić information content (AvgIpc) is 3.10. The fourth-order valence-electron chi connectivity index (χ4n) is 2.49. The Labute approximate surface area is 139 Å². The highest BCUT2D eigenvalue weighted by atomic mass is 32.1. The average molecular weight is 329 g/mol. The third kappa shape index (κ3) is 3.78. The Balaban J connectivity index is 1.62. The van der Waals surface area contributed by atoms with Crippen LogP contribution in [0.5, 0.6) is 0 Å². The predicted molar refractivity (Wildman–Crippen MR) is 92.1 cm³/mol. The number of likely N-dealkylation sites (N-methyl/N-ethyl adjacent to an activating group) is 1. The Bertz CT molecular complexity index is 674. The van der Waals surface area contributed by atoms with Crippen molar-refractivity contribution in [2.75, 3.05) is 38.5 Å². The van der Waals surface area contributed by atoms with Crippen molar-refractivity contribution in [3.8, 4) is 0 Å². The van der Waals surface area contributed by atoms with Crippen LogP contribution in [0.4, 0.5) is 5.69 Å². The van der Waals surface area contributed by atoms with Gasteiger partial charge in [0, 0.05) is 37.4 Å². The first kappa shape index (κ1) is 15.7. The van der Waals surface area contributed by atoms with E-state index in [1.54, 1.807) is 30.3 Å². The van der Waals surface area contributed by atoms with Crippen molar-refractivity contribution in [1.82, 2.24) is 9.80 Å². The van der Waals surface area contributed by atoms with Crippen LogP contribution in [-0.4, -0.2) is 54.8 Å². The van der Waals surface area contributed by atoms with Gasteiger partial charge < -0.3 is 15.1 Å². The molecule has 1 saturated heterocycles. The lowest BCUT2D eigenvalue weighted by molar-refractivity contribution is 0.0664. The summed E-state index contributed by atoms with van der Waals surface area (Å²) in [6.07, 6.45) is 0. The van der Waals surface area contributed by atoms with Gasteiger partial charge in [-0.05, 0) is 42.8 Å². The Kier molecular flexibility index (Phi) is 4.73. The zero-order chi connectivity index (χ0) is 16.2. The molecule has 1 N–H and O–H groups in total. The predicted octanol–water partition coefficient (Wildman–Crippen LogP) is 2.39. The van der Waals surface area contributed by atoms with E-state index in [1.807, 2.05) is 16.3 Å². The molecular weight excluding hydrogens is 310 g/mol. The molecule has 0 unspecified atom stereocenters. The third-order valence-electron chi connectivity index (χ3n) is 3.93. The second kappa shape index (κ2) is 6.93. The number of carbonyl (C=O) groups is 2. The number of thiophene rings is 1. The summed E-state index contributed by atoms with van der Waals surface area (Å²) in [5.41, 5.74) is 1.35. The smallest absolute Gasteiger partial charge is 0.265 e. The number of rotatable bonds is 3. The van der Waals surface area contributed by atoms with Crippen molar-refractivity contribution in [2.24, 2.45) is 0 Å². The fraction of sp³-hybridized carbons (Fsp3) is 0.294. The molecule has 0 saturated carbocycles. The minimum atomic E-state index is -0.127. The Morgan fingerprint density at radius 2 is 1.74 bits per heavy atom. The van der Waals surface area contributed by atoms with Gasteiger partial charge in [0.2, 0.25) is 0 Å². The maximum Gasteiger partial charge on any atom is 0.265 e.